The second-order valence-electron chi connectivity index (χ2n) is 6.96. The van der Waals surface area contributed by atoms with Crippen LogP contribution in [-0.4, -0.2) is 41.3 Å². The van der Waals surface area contributed by atoms with Gasteiger partial charge in [0, 0.05) is 30.4 Å². The molecule has 4 rings (SSSR count). The van der Waals surface area contributed by atoms with Crippen LogP contribution >= 0.6 is 0 Å². The zero-order valence-corrected chi connectivity index (χ0v) is 14.5. The molecule has 0 aliphatic carbocycles. The molecule has 0 atom stereocenters. The Morgan fingerprint density at radius 2 is 1.93 bits per heavy atom. The minimum Gasteiger partial charge on any atom is -0.389 e. The lowest BCUT2D eigenvalue weighted by Crippen LogP contribution is -2.53. The van der Waals surface area contributed by atoms with Gasteiger partial charge in [-0.05, 0) is 53.4 Å². The Morgan fingerprint density at radius 1 is 1.19 bits per heavy atom. The third kappa shape index (κ3) is 3.12. The summed E-state index contributed by atoms with van der Waals surface area (Å²) in [5.41, 5.74) is 2.83. The van der Waals surface area contributed by atoms with Crippen LogP contribution in [-0.2, 0) is 12.7 Å². The van der Waals surface area contributed by atoms with Crippen LogP contribution in [0.1, 0.15) is 32.6 Å². The van der Waals surface area contributed by atoms with Gasteiger partial charge in [-0.2, -0.15) is 13.2 Å². The van der Waals surface area contributed by atoms with Crippen LogP contribution in [0.5, 0.6) is 0 Å². The lowest BCUT2D eigenvalue weighted by atomic mass is 9.90. The zero-order chi connectivity index (χ0) is 19.3. The Bertz CT molecular complexity index is 960. The second kappa shape index (κ2) is 6.20. The maximum Gasteiger partial charge on any atom is 0.416 e. The predicted molar refractivity (Wildman–Crippen MR) is 94.8 cm³/mol. The molecule has 0 radical (unpaired) electrons. The molecule has 7 heteroatoms. The molecule has 1 fully saturated rings. The topological polar surface area (TPSA) is 52.9 Å². The summed E-state index contributed by atoms with van der Waals surface area (Å²) < 4.78 is 39.8. The van der Waals surface area contributed by atoms with E-state index in [9.17, 15) is 23.1 Å². The fraction of sp³-hybridized carbons (Fsp3) is 0.300. The van der Waals surface area contributed by atoms with Gasteiger partial charge in [-0.3, -0.25) is 9.79 Å². The van der Waals surface area contributed by atoms with Gasteiger partial charge in [0.05, 0.1) is 18.2 Å². The van der Waals surface area contributed by atoms with E-state index < -0.39 is 17.8 Å². The number of likely N-dealkylation sites (tertiary alicyclic amines) is 1. The van der Waals surface area contributed by atoms with E-state index >= 15 is 0 Å². The standard InChI is InChI=1S/C20H17F3N2O2/c1-11-4-12(19(27)25-9-15(26)10-25)2-3-16(11)17-6-14(20(21,22)23)5-13-7-24-8-18(13)17/h2-6,8,15,26H,7,9-10H2,1H3. The number of amides is 1. The van der Waals surface area contributed by atoms with Crippen molar-refractivity contribution in [2.45, 2.75) is 25.7 Å². The fourth-order valence-electron chi connectivity index (χ4n) is 3.52. The number of aliphatic hydroxyl groups is 1. The number of carbonyl (C=O) groups excluding carboxylic acids is 1. The number of aryl methyl sites for hydroxylation is 1. The van der Waals surface area contributed by atoms with E-state index in [-0.39, 0.29) is 12.5 Å². The van der Waals surface area contributed by atoms with E-state index in [4.69, 9.17) is 0 Å². The first kappa shape index (κ1) is 17.7. The van der Waals surface area contributed by atoms with Crippen molar-refractivity contribution in [3.8, 4) is 11.1 Å². The number of β-amino-alcohol motifs (C(OH)–C–C–N with tert-alkyl or cyclic N) is 1. The lowest BCUT2D eigenvalue weighted by molar-refractivity contribution is -0.137. The number of hydrogen-bond acceptors (Lipinski definition) is 3. The summed E-state index contributed by atoms with van der Waals surface area (Å²) in [4.78, 5) is 18.0. The molecule has 4 nitrogen and oxygen atoms in total. The van der Waals surface area contributed by atoms with E-state index in [0.717, 1.165) is 12.1 Å². The van der Waals surface area contributed by atoms with Gasteiger partial charge in [0.1, 0.15) is 0 Å². The van der Waals surface area contributed by atoms with Crippen LogP contribution in [0.15, 0.2) is 35.3 Å². The molecule has 2 aromatic carbocycles. The molecular weight excluding hydrogens is 357 g/mol. The van der Waals surface area contributed by atoms with Crippen molar-refractivity contribution >= 4 is 12.1 Å². The number of fused-ring (bicyclic) bond motifs is 1. The summed E-state index contributed by atoms with van der Waals surface area (Å²) in [5, 5.41) is 9.34. The maximum absolute atomic E-state index is 13.3. The van der Waals surface area contributed by atoms with Crippen LogP contribution in [0.4, 0.5) is 13.2 Å². The lowest BCUT2D eigenvalue weighted by Gasteiger charge is -2.36. The Balaban J connectivity index is 1.75. The van der Waals surface area contributed by atoms with Crippen molar-refractivity contribution in [2.24, 2.45) is 4.99 Å². The van der Waals surface area contributed by atoms with Crippen molar-refractivity contribution in [3.05, 3.63) is 58.1 Å². The third-order valence-corrected chi connectivity index (χ3v) is 4.99. The molecule has 27 heavy (non-hydrogen) atoms. The Morgan fingerprint density at radius 3 is 2.56 bits per heavy atom. The summed E-state index contributed by atoms with van der Waals surface area (Å²) in [6.45, 7) is 2.61. The molecule has 2 heterocycles. The first-order valence-electron chi connectivity index (χ1n) is 8.56. The van der Waals surface area contributed by atoms with E-state index in [2.05, 4.69) is 4.99 Å². The minimum atomic E-state index is -4.44. The maximum atomic E-state index is 13.3. The van der Waals surface area contributed by atoms with Gasteiger partial charge in [0.25, 0.3) is 5.91 Å². The number of benzene rings is 2. The van der Waals surface area contributed by atoms with Gasteiger partial charge in [0.15, 0.2) is 0 Å². The molecule has 140 valence electrons. The third-order valence-electron chi connectivity index (χ3n) is 4.99. The average Bonchev–Trinajstić information content (AvgIpc) is 3.05. The summed E-state index contributed by atoms with van der Waals surface area (Å²) >= 11 is 0. The molecule has 0 aromatic heterocycles. The number of hydrogen-bond donors (Lipinski definition) is 1. The number of aliphatic hydroxyl groups excluding tert-OH is 1. The Labute approximate surface area is 154 Å². The molecule has 0 spiro atoms. The number of halogens is 3. The highest BCUT2D eigenvalue weighted by Crippen LogP contribution is 2.38. The molecular formula is C20H17F3N2O2. The molecule has 1 N–H and O–H groups in total. The van der Waals surface area contributed by atoms with Gasteiger partial charge in [-0.1, -0.05) is 6.07 Å². The normalized spacial score (nSPS) is 16.4. The highest BCUT2D eigenvalue weighted by molar-refractivity contribution is 5.98. The minimum absolute atomic E-state index is 0.189. The first-order valence-corrected chi connectivity index (χ1v) is 8.56. The van der Waals surface area contributed by atoms with E-state index in [1.54, 1.807) is 31.3 Å². The number of carbonyl (C=O) groups is 1. The zero-order valence-electron chi connectivity index (χ0n) is 14.5. The molecule has 2 aliphatic rings. The van der Waals surface area contributed by atoms with Gasteiger partial charge < -0.3 is 10.0 Å². The van der Waals surface area contributed by atoms with Crippen LogP contribution in [0, 0.1) is 6.92 Å². The Hall–Kier alpha value is -2.67. The smallest absolute Gasteiger partial charge is 0.389 e. The van der Waals surface area contributed by atoms with Crippen LogP contribution in [0.25, 0.3) is 11.1 Å². The van der Waals surface area contributed by atoms with Crippen molar-refractivity contribution in [1.29, 1.82) is 0 Å². The highest BCUT2D eigenvalue weighted by atomic mass is 19.4. The molecule has 2 aromatic rings. The first-order chi connectivity index (χ1) is 12.7. The average molecular weight is 374 g/mol. The Kier molecular flexibility index (Phi) is 4.07. The molecule has 1 saturated heterocycles. The number of aliphatic imine (C=N–C) groups is 1. The van der Waals surface area contributed by atoms with Crippen molar-refractivity contribution in [3.63, 3.8) is 0 Å². The highest BCUT2D eigenvalue weighted by Gasteiger charge is 2.33. The predicted octanol–water partition coefficient (Wildman–Crippen LogP) is 3.43. The van der Waals surface area contributed by atoms with E-state index in [1.165, 1.54) is 4.90 Å². The molecule has 0 bridgehead atoms. The van der Waals surface area contributed by atoms with Gasteiger partial charge in [-0.15, -0.1) is 0 Å². The SMILES string of the molecule is Cc1cc(C(=O)N2CC(O)C2)ccc1-c1cc(C(F)(F)F)cc2c1C=NC2. The summed E-state index contributed by atoms with van der Waals surface area (Å²) in [7, 11) is 0. The number of rotatable bonds is 2. The van der Waals surface area contributed by atoms with Crippen molar-refractivity contribution in [1.82, 2.24) is 4.90 Å². The molecule has 0 unspecified atom stereocenters. The molecule has 0 saturated carbocycles. The van der Waals surface area contributed by atoms with Gasteiger partial charge in [0.2, 0.25) is 0 Å². The van der Waals surface area contributed by atoms with Crippen LogP contribution in [0.2, 0.25) is 0 Å². The molecule has 1 amide bonds. The summed E-state index contributed by atoms with van der Waals surface area (Å²) in [5.74, 6) is -0.189. The van der Waals surface area contributed by atoms with Crippen LogP contribution in [0.3, 0.4) is 0 Å². The largest absolute Gasteiger partial charge is 0.416 e. The van der Waals surface area contributed by atoms with Crippen molar-refractivity contribution in [2.75, 3.05) is 13.1 Å². The fourth-order valence-corrected chi connectivity index (χ4v) is 3.52. The summed E-state index contributed by atoms with van der Waals surface area (Å²) in [6, 6.07) is 7.27. The van der Waals surface area contributed by atoms with E-state index in [1.807, 2.05) is 0 Å². The van der Waals surface area contributed by atoms with Gasteiger partial charge in [-0.25, -0.2) is 0 Å². The van der Waals surface area contributed by atoms with E-state index in [0.29, 0.717) is 46.5 Å². The second-order valence-corrected chi connectivity index (χ2v) is 6.96. The van der Waals surface area contributed by atoms with Gasteiger partial charge >= 0.3 is 6.18 Å². The number of alkyl halides is 3. The molecule has 2 aliphatic heterocycles. The quantitative estimate of drug-likeness (QED) is 0.876. The van der Waals surface area contributed by atoms with Crippen molar-refractivity contribution < 1.29 is 23.1 Å². The monoisotopic (exact) mass is 374 g/mol. The summed E-state index contributed by atoms with van der Waals surface area (Å²) in [6.07, 6.45) is -3.32. The van der Waals surface area contributed by atoms with Crippen LogP contribution < -0.4 is 0 Å². The number of nitrogens with zero attached hydrogens (tertiary/aromatic N) is 2.